The summed E-state index contributed by atoms with van der Waals surface area (Å²) in [7, 11) is 0. The van der Waals surface area contributed by atoms with Gasteiger partial charge < -0.3 is 81.7 Å². The second-order valence-corrected chi connectivity index (χ2v) is 43.9. The lowest BCUT2D eigenvalue weighted by Gasteiger charge is -2.30. The summed E-state index contributed by atoms with van der Waals surface area (Å²) in [6, 6.07) is 86.4. The van der Waals surface area contributed by atoms with Crippen LogP contribution in [0, 0.1) is 0 Å². The minimum Gasteiger partial charge on any atom is -0.508 e. The van der Waals surface area contributed by atoms with Crippen LogP contribution in [0.1, 0.15) is 289 Å². The first-order valence-corrected chi connectivity index (χ1v) is 49.0. The van der Waals surface area contributed by atoms with Gasteiger partial charge in [-0.05, 0) is 275 Å². The topological polar surface area (TPSA) is 324 Å². The molecule has 0 saturated heterocycles. The van der Waals surface area contributed by atoms with Crippen LogP contribution in [-0.2, 0) is 94.7 Å². The molecule has 144 heavy (non-hydrogen) atoms. The van der Waals surface area contributed by atoms with E-state index in [1.54, 1.807) is 97.1 Å². The molecule has 0 saturated carbocycles. The van der Waals surface area contributed by atoms with Gasteiger partial charge in [-0.25, -0.2) is 0 Å². The molecule has 16 aromatic carbocycles. The summed E-state index contributed by atoms with van der Waals surface area (Å²) in [6.07, 6.45) is -0.865. The van der Waals surface area contributed by atoms with Gasteiger partial charge in [0, 0.05) is 94.7 Å². The van der Waals surface area contributed by atoms with Crippen molar-refractivity contribution in [3.8, 4) is 92.0 Å². The Labute approximate surface area is 843 Å². The predicted octanol–water partition coefficient (Wildman–Crippen LogP) is 26.6. The highest BCUT2D eigenvalue weighted by atomic mass is 16.3. The number of fused-ring (bicyclic) bond motifs is 16. The van der Waals surface area contributed by atoms with E-state index in [-0.39, 0.29) is 143 Å². The Balaban J connectivity index is 0.966. The van der Waals surface area contributed by atoms with Crippen LogP contribution < -0.4 is 0 Å². The SMILES string of the molecule is CC(C)(c1ccc(O)cc1)c1cc2c(O)c(c1)Cc1cc(C(C)(C)c3ccc(O)cc3)cc(c1O)Cc1cc(C(C)(C)c3ccc(O)cc3)cc(c1O)Cc1cc(C(C)(C)c3ccc(O)cc3)cc(c1O)Cc1cc(C(C)(C)c3ccc(O)cc3)cc(c1O)Cc1cc(C(C)(C)c3ccc(O)cc3)cc(c1O)Cc1cc(C(C)(C)c3ccc(O)cc3)cc(c1O)Cc1cc(C(C)(C)c3ccc(O)cc3)cc(c1O)C2. The molecule has 736 valence electrons. The molecule has 0 heterocycles. The highest BCUT2D eigenvalue weighted by Gasteiger charge is 2.38. The van der Waals surface area contributed by atoms with E-state index in [4.69, 9.17) is 0 Å². The zero-order chi connectivity index (χ0) is 103. The smallest absolute Gasteiger partial charge is 0.122 e. The van der Waals surface area contributed by atoms with Crippen LogP contribution in [0.25, 0.3) is 0 Å². The molecule has 1 aliphatic carbocycles. The number of hydrogen-bond acceptors (Lipinski definition) is 16. The number of phenolic OH excluding ortho intramolecular Hbond substituents is 16. The summed E-state index contributed by atoms with van der Waals surface area (Å²) in [5.74, 6) is -0.718. The maximum atomic E-state index is 13.8. The number of phenols is 16. The Morgan fingerprint density at radius 3 is 0.250 bits per heavy atom. The number of aromatic hydroxyl groups is 16. The van der Waals surface area contributed by atoms with Gasteiger partial charge in [0.05, 0.1) is 0 Å². The largest absolute Gasteiger partial charge is 0.508 e. The van der Waals surface area contributed by atoms with E-state index < -0.39 is 43.3 Å². The molecule has 0 aliphatic heterocycles. The van der Waals surface area contributed by atoms with E-state index >= 15 is 0 Å². The summed E-state index contributed by atoms with van der Waals surface area (Å²) < 4.78 is 0. The molecule has 1 aliphatic rings. The molecule has 16 heteroatoms. The lowest BCUT2D eigenvalue weighted by Crippen LogP contribution is -2.21. The lowest BCUT2D eigenvalue weighted by atomic mass is 9.74. The molecule has 16 bridgehead atoms. The number of benzene rings is 16. The first-order chi connectivity index (χ1) is 67.8. The Bertz CT molecular complexity index is 6050. The fourth-order valence-corrected chi connectivity index (χ4v) is 21.1. The van der Waals surface area contributed by atoms with E-state index in [0.29, 0.717) is 89.0 Å². The van der Waals surface area contributed by atoms with Crippen LogP contribution in [0.15, 0.2) is 291 Å². The van der Waals surface area contributed by atoms with Gasteiger partial charge in [0.25, 0.3) is 0 Å². The third-order valence-electron chi connectivity index (χ3n) is 31.7. The molecule has 16 nitrogen and oxygen atoms in total. The van der Waals surface area contributed by atoms with Gasteiger partial charge >= 0.3 is 0 Å². The standard InChI is InChI=1S/C128H128O16/c1-121(2,89-17-33-105(129)34-18-89)97-57-73-49-75-59-98(122(3,4)90-19-35-106(130)36-20-90)61-77(114(75)138)51-79-63-100(124(7,8)92-23-39-108(132)40-24-92)65-81(116(79)140)53-83-67-102(126(11,12)94-27-43-110(134)44-28-94)69-85(118(83)142)55-87-71-104(128(15,16)96-31-47-112(136)48-32-96)72-88(120(87)144)56-86-70-103(127(13,14)95-29-45-111(135)46-30-95)68-84(119(86)143)54-82-66-101(125(9,10)93-25-41-109(133)42-26-93)64-80(117(82)141)52-78-62-99(123(5,6)91-21-37-107(131)38-22-91)60-76(115(78)139)50-74(58-97)113(73)137/h17-48,57-72,129-144H,49-56H2,1-16H3. The highest BCUT2D eigenvalue weighted by Crippen LogP contribution is 2.52. The zero-order valence-corrected chi connectivity index (χ0v) is 84.5. The van der Waals surface area contributed by atoms with Crippen molar-refractivity contribution in [2.45, 2.75) is 205 Å². The van der Waals surface area contributed by atoms with Gasteiger partial charge in [0.1, 0.15) is 92.0 Å². The van der Waals surface area contributed by atoms with Crippen molar-refractivity contribution < 1.29 is 81.7 Å². The minimum atomic E-state index is -0.883. The lowest BCUT2D eigenvalue weighted by molar-refractivity contribution is 0.450. The van der Waals surface area contributed by atoms with Crippen molar-refractivity contribution in [2.24, 2.45) is 0 Å². The molecule has 0 unspecified atom stereocenters. The summed E-state index contributed by atoms with van der Waals surface area (Å²) in [6.45, 7) is 32.8. The monoisotopic (exact) mass is 1920 g/mol. The van der Waals surface area contributed by atoms with E-state index in [1.807, 2.05) is 305 Å². The summed E-state index contributed by atoms with van der Waals surface area (Å²) >= 11 is 0. The fourth-order valence-electron chi connectivity index (χ4n) is 21.1. The van der Waals surface area contributed by atoms with Crippen molar-refractivity contribution >= 4 is 0 Å². The first-order valence-electron chi connectivity index (χ1n) is 49.0. The quantitative estimate of drug-likeness (QED) is 0.0427. The van der Waals surface area contributed by atoms with Crippen LogP contribution in [0.3, 0.4) is 0 Å². The Hall–Kier alpha value is -15.7. The van der Waals surface area contributed by atoms with Crippen LogP contribution in [0.2, 0.25) is 0 Å². The molecule has 0 spiro atoms. The highest BCUT2D eigenvalue weighted by molar-refractivity contribution is 5.66. The first kappa shape index (κ1) is 99.9. The molecular formula is C128H128O16. The van der Waals surface area contributed by atoms with Crippen molar-refractivity contribution in [1.29, 1.82) is 0 Å². The molecule has 0 fully saturated rings. The van der Waals surface area contributed by atoms with Gasteiger partial charge in [-0.15, -0.1) is 0 Å². The van der Waals surface area contributed by atoms with Crippen molar-refractivity contribution in [1.82, 2.24) is 0 Å². The van der Waals surface area contributed by atoms with E-state index in [9.17, 15) is 81.7 Å². The number of hydrogen-bond donors (Lipinski definition) is 16. The van der Waals surface area contributed by atoms with Crippen LogP contribution in [0.4, 0.5) is 0 Å². The van der Waals surface area contributed by atoms with Gasteiger partial charge in [0.15, 0.2) is 0 Å². The Morgan fingerprint density at radius 1 is 0.111 bits per heavy atom. The molecular weight excluding hydrogens is 1790 g/mol. The van der Waals surface area contributed by atoms with Crippen molar-refractivity contribution in [3.05, 3.63) is 469 Å². The average Bonchev–Trinajstić information content (AvgIpc) is 0.755. The molecule has 0 radical (unpaired) electrons. The molecule has 0 amide bonds. The van der Waals surface area contributed by atoms with Gasteiger partial charge in [-0.3, -0.25) is 0 Å². The van der Waals surface area contributed by atoms with Gasteiger partial charge in [-0.2, -0.15) is 0 Å². The van der Waals surface area contributed by atoms with Crippen molar-refractivity contribution in [2.75, 3.05) is 0 Å². The summed E-state index contributed by atoms with van der Waals surface area (Å²) in [5.41, 5.74) is 11.4. The van der Waals surface area contributed by atoms with Crippen LogP contribution in [-0.4, -0.2) is 81.7 Å². The number of rotatable bonds is 16. The van der Waals surface area contributed by atoms with Crippen molar-refractivity contribution in [3.63, 3.8) is 0 Å². The Morgan fingerprint density at radius 2 is 0.181 bits per heavy atom. The summed E-state index contributed by atoms with van der Waals surface area (Å²) in [5, 5.41) is 197. The molecule has 0 aromatic heterocycles. The zero-order valence-electron chi connectivity index (χ0n) is 84.5. The van der Waals surface area contributed by atoms with Gasteiger partial charge in [0.2, 0.25) is 0 Å². The van der Waals surface area contributed by atoms with Crippen LogP contribution in [0.5, 0.6) is 92.0 Å². The van der Waals surface area contributed by atoms with E-state index in [1.165, 1.54) is 0 Å². The Kier molecular flexibility index (Phi) is 26.1. The second kappa shape index (κ2) is 37.6. The third kappa shape index (κ3) is 19.3. The van der Waals surface area contributed by atoms with Crippen LogP contribution >= 0.6 is 0 Å². The maximum absolute atomic E-state index is 13.8. The average molecular weight is 1920 g/mol. The fraction of sp³-hybridized carbons (Fsp3) is 0.250. The molecule has 16 aromatic rings. The van der Waals surface area contributed by atoms with E-state index in [2.05, 4.69) is 0 Å². The van der Waals surface area contributed by atoms with E-state index in [0.717, 1.165) is 89.0 Å². The molecule has 16 N–H and O–H groups in total. The third-order valence-corrected chi connectivity index (χ3v) is 31.7. The summed E-state index contributed by atoms with van der Waals surface area (Å²) in [4.78, 5) is 0. The molecule has 17 rings (SSSR count). The normalized spacial score (nSPS) is 13.2. The predicted molar refractivity (Wildman–Crippen MR) is 569 cm³/mol. The van der Waals surface area contributed by atoms with Gasteiger partial charge in [-0.1, -0.05) is 305 Å². The molecule has 0 atom stereocenters. The second-order valence-electron chi connectivity index (χ2n) is 43.9. The maximum Gasteiger partial charge on any atom is 0.122 e. The minimum absolute atomic E-state index is 0.0579.